The topological polar surface area (TPSA) is 18.5 Å². The molecule has 0 unspecified atom stereocenters. The summed E-state index contributed by atoms with van der Waals surface area (Å²) in [4.78, 5) is 5.07. The largest absolute Gasteiger partial charge is 0.315 e. The molecule has 0 spiro atoms. The Balaban J connectivity index is 1.98. The molecule has 0 bridgehead atoms. The predicted octanol–water partition coefficient (Wildman–Crippen LogP) is 0.608. The summed E-state index contributed by atoms with van der Waals surface area (Å²) in [7, 11) is 0. The third-order valence-corrected chi connectivity index (χ3v) is 3.18. The van der Waals surface area contributed by atoms with Crippen molar-refractivity contribution < 1.29 is 0 Å². The molecule has 0 radical (unpaired) electrons. The highest BCUT2D eigenvalue weighted by Crippen LogP contribution is 1.99. The first-order chi connectivity index (χ1) is 6.86. The molecule has 1 aliphatic rings. The van der Waals surface area contributed by atoms with E-state index in [0.29, 0.717) is 0 Å². The lowest BCUT2D eigenvalue weighted by Gasteiger charge is -2.33. The van der Waals surface area contributed by atoms with Crippen LogP contribution in [0.5, 0.6) is 0 Å². The summed E-state index contributed by atoms with van der Waals surface area (Å²) >= 11 is 3.41. The Morgan fingerprint density at radius 3 is 2.29 bits per heavy atom. The fourth-order valence-electron chi connectivity index (χ4n) is 1.76. The number of piperazine rings is 1. The minimum Gasteiger partial charge on any atom is -0.315 e. The molecule has 1 N–H and O–H groups in total. The minimum absolute atomic E-state index is 1.05. The van der Waals surface area contributed by atoms with Gasteiger partial charge in [-0.1, -0.05) is 22.9 Å². The van der Waals surface area contributed by atoms with Gasteiger partial charge in [0.2, 0.25) is 0 Å². The summed E-state index contributed by atoms with van der Waals surface area (Å²) in [6.07, 6.45) is 0. The summed E-state index contributed by atoms with van der Waals surface area (Å²) in [6.45, 7) is 11.8. The summed E-state index contributed by atoms with van der Waals surface area (Å²) in [5.41, 5.74) is 0. The number of rotatable bonds is 6. The average molecular weight is 264 g/mol. The van der Waals surface area contributed by atoms with Crippen molar-refractivity contribution in [1.82, 2.24) is 15.1 Å². The molecule has 0 atom stereocenters. The second kappa shape index (κ2) is 7.63. The van der Waals surface area contributed by atoms with Crippen LogP contribution in [0.2, 0.25) is 0 Å². The monoisotopic (exact) mass is 263 g/mol. The highest BCUT2D eigenvalue weighted by Gasteiger charge is 2.14. The van der Waals surface area contributed by atoms with Gasteiger partial charge in [-0.25, -0.2) is 0 Å². The quantitative estimate of drug-likeness (QED) is 0.560. The van der Waals surface area contributed by atoms with Crippen LogP contribution < -0.4 is 5.32 Å². The Morgan fingerprint density at radius 1 is 1.07 bits per heavy atom. The van der Waals surface area contributed by atoms with Gasteiger partial charge in [-0.05, 0) is 6.54 Å². The van der Waals surface area contributed by atoms with E-state index in [4.69, 9.17) is 0 Å². The maximum atomic E-state index is 3.41. The lowest BCUT2D eigenvalue weighted by atomic mass is 10.3. The number of halogens is 1. The van der Waals surface area contributed by atoms with Crippen molar-refractivity contribution in [2.75, 3.05) is 57.7 Å². The van der Waals surface area contributed by atoms with Crippen molar-refractivity contribution in [3.63, 3.8) is 0 Å². The lowest BCUT2D eigenvalue weighted by molar-refractivity contribution is 0.138. The van der Waals surface area contributed by atoms with Gasteiger partial charge in [0, 0.05) is 51.1 Å². The van der Waals surface area contributed by atoms with Crippen LogP contribution in [0.1, 0.15) is 6.92 Å². The number of likely N-dealkylation sites (N-methyl/N-ethyl adjacent to an activating group) is 1. The van der Waals surface area contributed by atoms with Crippen LogP contribution >= 0.6 is 15.9 Å². The van der Waals surface area contributed by atoms with Crippen LogP contribution in [-0.4, -0.2) is 67.5 Å². The highest BCUT2D eigenvalue weighted by molar-refractivity contribution is 9.09. The number of hydrogen-bond acceptors (Lipinski definition) is 3. The Bertz CT molecular complexity index is 135. The third kappa shape index (κ3) is 4.73. The molecule has 1 saturated heterocycles. The second-order valence-corrected chi connectivity index (χ2v) is 4.51. The van der Waals surface area contributed by atoms with E-state index in [1.165, 1.54) is 39.3 Å². The van der Waals surface area contributed by atoms with Gasteiger partial charge >= 0.3 is 0 Å². The molecule has 1 rings (SSSR count). The molecule has 84 valence electrons. The molecule has 0 saturated carbocycles. The van der Waals surface area contributed by atoms with E-state index in [0.717, 1.165) is 18.4 Å². The maximum absolute atomic E-state index is 3.41. The van der Waals surface area contributed by atoms with E-state index in [-0.39, 0.29) is 0 Å². The standard InChI is InChI=1S/C10H22BrN3/c1-2-13-7-9-14(10-8-13)6-5-12-4-3-11/h12H,2-10H2,1H3. The number of alkyl halides is 1. The smallest absolute Gasteiger partial charge is 0.0157 e. The fraction of sp³-hybridized carbons (Fsp3) is 1.00. The molecular weight excluding hydrogens is 242 g/mol. The molecule has 1 heterocycles. The van der Waals surface area contributed by atoms with Gasteiger partial charge in [0.1, 0.15) is 0 Å². The minimum atomic E-state index is 1.05. The number of nitrogens with zero attached hydrogens (tertiary/aromatic N) is 2. The first-order valence-corrected chi connectivity index (χ1v) is 6.70. The normalized spacial score (nSPS) is 20.1. The lowest BCUT2D eigenvalue weighted by Crippen LogP contribution is -2.47. The van der Waals surface area contributed by atoms with E-state index in [1.807, 2.05) is 0 Å². The van der Waals surface area contributed by atoms with Crippen molar-refractivity contribution in [1.29, 1.82) is 0 Å². The molecule has 0 aliphatic carbocycles. The molecule has 1 aliphatic heterocycles. The number of nitrogens with one attached hydrogen (secondary N) is 1. The van der Waals surface area contributed by atoms with E-state index in [9.17, 15) is 0 Å². The first kappa shape index (κ1) is 12.4. The van der Waals surface area contributed by atoms with Crippen LogP contribution in [0.15, 0.2) is 0 Å². The Morgan fingerprint density at radius 2 is 1.71 bits per heavy atom. The van der Waals surface area contributed by atoms with Gasteiger partial charge in [-0.2, -0.15) is 0 Å². The molecule has 0 aromatic rings. The first-order valence-electron chi connectivity index (χ1n) is 5.58. The van der Waals surface area contributed by atoms with Gasteiger partial charge in [0.15, 0.2) is 0 Å². The molecule has 0 aromatic carbocycles. The number of hydrogen-bond donors (Lipinski definition) is 1. The van der Waals surface area contributed by atoms with E-state index >= 15 is 0 Å². The molecule has 0 amide bonds. The van der Waals surface area contributed by atoms with E-state index in [2.05, 4.69) is 38.0 Å². The molecule has 1 fully saturated rings. The average Bonchev–Trinajstić information content (AvgIpc) is 2.25. The summed E-state index contributed by atoms with van der Waals surface area (Å²) in [6, 6.07) is 0. The fourth-order valence-corrected chi connectivity index (χ4v) is 2.04. The van der Waals surface area contributed by atoms with Crippen molar-refractivity contribution in [3.8, 4) is 0 Å². The van der Waals surface area contributed by atoms with Gasteiger partial charge in [-0.3, -0.25) is 4.90 Å². The molecule has 0 aromatic heterocycles. The Hall–Kier alpha value is 0.360. The summed E-state index contributed by atoms with van der Waals surface area (Å²) in [5, 5.41) is 4.46. The van der Waals surface area contributed by atoms with Crippen LogP contribution in [0.25, 0.3) is 0 Å². The molecular formula is C10H22BrN3. The van der Waals surface area contributed by atoms with E-state index in [1.54, 1.807) is 0 Å². The Labute approximate surface area is 96.0 Å². The highest BCUT2D eigenvalue weighted by atomic mass is 79.9. The summed E-state index contributed by atoms with van der Waals surface area (Å²) in [5.74, 6) is 0. The molecule has 4 heteroatoms. The SMILES string of the molecule is CCN1CCN(CCNCCBr)CC1. The van der Waals surface area contributed by atoms with Crippen molar-refractivity contribution in [2.45, 2.75) is 6.92 Å². The van der Waals surface area contributed by atoms with Gasteiger partial charge < -0.3 is 10.2 Å². The van der Waals surface area contributed by atoms with Crippen LogP contribution in [-0.2, 0) is 0 Å². The molecule has 3 nitrogen and oxygen atoms in total. The van der Waals surface area contributed by atoms with Gasteiger partial charge in [-0.15, -0.1) is 0 Å². The van der Waals surface area contributed by atoms with Crippen molar-refractivity contribution in [3.05, 3.63) is 0 Å². The van der Waals surface area contributed by atoms with Crippen molar-refractivity contribution in [2.24, 2.45) is 0 Å². The van der Waals surface area contributed by atoms with Gasteiger partial charge in [0.25, 0.3) is 0 Å². The van der Waals surface area contributed by atoms with Gasteiger partial charge in [0.05, 0.1) is 0 Å². The third-order valence-electron chi connectivity index (χ3n) is 2.79. The maximum Gasteiger partial charge on any atom is 0.0157 e. The zero-order valence-electron chi connectivity index (χ0n) is 9.14. The van der Waals surface area contributed by atoms with Crippen LogP contribution in [0.3, 0.4) is 0 Å². The molecule has 14 heavy (non-hydrogen) atoms. The van der Waals surface area contributed by atoms with E-state index < -0.39 is 0 Å². The van der Waals surface area contributed by atoms with Crippen molar-refractivity contribution >= 4 is 15.9 Å². The van der Waals surface area contributed by atoms with Crippen LogP contribution in [0, 0.1) is 0 Å². The zero-order chi connectivity index (χ0) is 10.2. The Kier molecular flexibility index (Phi) is 6.77. The predicted molar refractivity (Wildman–Crippen MR) is 65.2 cm³/mol. The summed E-state index contributed by atoms with van der Waals surface area (Å²) < 4.78 is 0. The second-order valence-electron chi connectivity index (χ2n) is 3.71. The zero-order valence-corrected chi connectivity index (χ0v) is 10.7. The van der Waals surface area contributed by atoms with Crippen LogP contribution in [0.4, 0.5) is 0 Å².